The fourth-order valence-electron chi connectivity index (χ4n) is 6.90. The second-order valence-corrected chi connectivity index (χ2v) is 28.4. The molecule has 0 aliphatic carbocycles. The molecule has 7 heteroatoms. The first-order valence-electron chi connectivity index (χ1n) is 20.7. The van der Waals surface area contributed by atoms with E-state index in [4.69, 9.17) is 4.43 Å². The van der Waals surface area contributed by atoms with E-state index in [0.717, 1.165) is 16.4 Å². The number of phenolic OH excluding ortho intramolecular Hbond substituents is 2. The van der Waals surface area contributed by atoms with Crippen molar-refractivity contribution in [1.82, 2.24) is 0 Å². The monoisotopic (exact) mass is 866 g/mol. The molecule has 0 bridgehead atoms. The van der Waals surface area contributed by atoms with E-state index in [-0.39, 0.29) is 0 Å². The van der Waals surface area contributed by atoms with Crippen molar-refractivity contribution >= 4 is 69.2 Å². The summed E-state index contributed by atoms with van der Waals surface area (Å²) in [5, 5.41) is 29.1. The van der Waals surface area contributed by atoms with Crippen LogP contribution in [0.1, 0.15) is 38.8 Å². The minimum absolute atomic E-state index is 0.367. The highest BCUT2D eigenvalue weighted by molar-refractivity contribution is 7.80. The molecule has 7 aromatic carbocycles. The van der Waals surface area contributed by atoms with Crippen LogP contribution in [-0.2, 0) is 0 Å². The predicted octanol–water partition coefficient (Wildman–Crippen LogP) is 11.7. The first kappa shape index (κ1) is 46.5. The maximum Gasteiger partial charge on any atom is 0.242 e. The zero-order valence-electron chi connectivity index (χ0n) is 36.6. The van der Waals surface area contributed by atoms with Gasteiger partial charge >= 0.3 is 0 Å². The first-order valence-corrected chi connectivity index (χ1v) is 28.3. The highest BCUT2D eigenvalue weighted by Gasteiger charge is 2.25. The largest absolute Gasteiger partial charge is 0.544 e. The molecule has 0 fully saturated rings. The van der Waals surface area contributed by atoms with Crippen LogP contribution in [0.5, 0.6) is 17.2 Å². The molecular weight excluding hydrogens is 806 g/mol. The summed E-state index contributed by atoms with van der Waals surface area (Å²) in [6.45, 7) is 20.1. The van der Waals surface area contributed by atoms with E-state index in [1.54, 1.807) is 6.07 Å². The minimum atomic E-state index is -1.62. The van der Waals surface area contributed by atoms with E-state index in [9.17, 15) is 10.2 Å². The van der Waals surface area contributed by atoms with Crippen LogP contribution in [0.4, 0.5) is 0 Å². The fraction of sp³-hybridized carbons (Fsp3) is 0.208. The van der Waals surface area contributed by atoms with Crippen molar-refractivity contribution in [2.45, 2.75) is 72.5 Å². The van der Waals surface area contributed by atoms with Gasteiger partial charge in [-0.3, -0.25) is 0 Å². The van der Waals surface area contributed by atoms with E-state index in [2.05, 4.69) is 164 Å². The Morgan fingerprint density at radius 1 is 0.417 bits per heavy atom. The predicted molar refractivity (Wildman–Crippen MR) is 270 cm³/mol. The lowest BCUT2D eigenvalue weighted by molar-refractivity contribution is 0.479. The molecule has 0 radical (unpaired) electrons. The van der Waals surface area contributed by atoms with Crippen molar-refractivity contribution in [3.8, 4) is 17.2 Å². The molecule has 2 N–H and O–H groups in total. The third-order valence-electron chi connectivity index (χ3n) is 9.43. The van der Waals surface area contributed by atoms with Crippen LogP contribution in [0.25, 0.3) is 0 Å². The fourth-order valence-corrected chi connectivity index (χ4v) is 15.4. The first-order chi connectivity index (χ1) is 28.7. The Labute approximate surface area is 365 Å². The molecule has 2 unspecified atom stereocenters. The highest BCUT2D eigenvalue weighted by atomic mass is 31.1. The van der Waals surface area contributed by atoms with Crippen molar-refractivity contribution in [2.24, 2.45) is 0 Å². The van der Waals surface area contributed by atoms with Crippen LogP contribution in [0, 0.1) is 13.8 Å². The number of rotatable bonds is 11. The Hall–Kier alpha value is -4.55. The van der Waals surface area contributed by atoms with Gasteiger partial charge in [-0.05, 0) is 120 Å². The maximum atomic E-state index is 10.2. The van der Waals surface area contributed by atoms with Crippen LogP contribution < -0.4 is 41.6 Å². The summed E-state index contributed by atoms with van der Waals surface area (Å²) in [5.41, 5.74) is 3.60. The quantitative estimate of drug-likeness (QED) is 0.101. The Morgan fingerprint density at radius 2 is 0.783 bits per heavy atom. The van der Waals surface area contributed by atoms with Gasteiger partial charge in [0.25, 0.3) is 0 Å². The van der Waals surface area contributed by atoms with Crippen molar-refractivity contribution in [1.29, 1.82) is 0 Å². The normalized spacial score (nSPS) is 12.2. The van der Waals surface area contributed by atoms with Gasteiger partial charge in [0.1, 0.15) is 17.2 Å². The smallest absolute Gasteiger partial charge is 0.242 e. The van der Waals surface area contributed by atoms with Gasteiger partial charge in [-0.25, -0.2) is 0 Å². The zero-order chi connectivity index (χ0) is 43.2. The molecule has 0 spiro atoms. The molecule has 7 rings (SSSR count). The third-order valence-corrected chi connectivity index (χ3v) is 18.3. The lowest BCUT2D eigenvalue weighted by atomic mass is 10.2. The average molecular weight is 867 g/mol. The van der Waals surface area contributed by atoms with Gasteiger partial charge in [0.15, 0.2) is 0 Å². The molecule has 60 heavy (non-hydrogen) atoms. The van der Waals surface area contributed by atoms with E-state index in [0.29, 0.717) is 22.8 Å². The lowest BCUT2D eigenvalue weighted by Gasteiger charge is -2.28. The summed E-state index contributed by atoms with van der Waals surface area (Å²) in [5.74, 6) is 1.88. The minimum Gasteiger partial charge on any atom is -0.544 e. The van der Waals surface area contributed by atoms with E-state index in [1.807, 2.05) is 72.8 Å². The van der Waals surface area contributed by atoms with E-state index < -0.39 is 32.1 Å². The molecule has 0 aliphatic rings. The molecule has 0 aromatic heterocycles. The summed E-state index contributed by atoms with van der Waals surface area (Å²) < 4.78 is 6.40. The van der Waals surface area contributed by atoms with Gasteiger partial charge in [-0.1, -0.05) is 190 Å². The Kier molecular flexibility index (Phi) is 17.3. The van der Waals surface area contributed by atoms with Gasteiger partial charge in [-0.15, -0.1) is 0 Å². The Balaban J connectivity index is 0.000000171. The Bertz CT molecular complexity index is 2310. The van der Waals surface area contributed by atoms with Crippen molar-refractivity contribution in [3.63, 3.8) is 0 Å². The average Bonchev–Trinajstić information content (AvgIpc) is 3.23. The topological polar surface area (TPSA) is 49.7 Å². The number of para-hydroxylation sites is 1. The molecule has 310 valence electrons. The number of hydrogen-bond donors (Lipinski definition) is 2. The molecule has 0 amide bonds. The summed E-state index contributed by atoms with van der Waals surface area (Å²) >= 11 is 0. The number of phenols is 2. The van der Waals surface area contributed by atoms with Gasteiger partial charge in [-0.2, -0.15) is 0 Å². The maximum absolute atomic E-state index is 10.2. The lowest BCUT2D eigenvalue weighted by Crippen LogP contribution is -2.32. The summed E-state index contributed by atoms with van der Waals surface area (Å²) in [7, 11) is -3.23. The van der Waals surface area contributed by atoms with Crippen LogP contribution >= 0.6 is 23.8 Å². The Morgan fingerprint density at radius 3 is 1.22 bits per heavy atom. The molecule has 0 aliphatic heterocycles. The summed E-state index contributed by atoms with van der Waals surface area (Å²) in [6, 6.07) is 62.3. The van der Waals surface area contributed by atoms with Gasteiger partial charge in [0, 0.05) is 15.9 Å². The van der Waals surface area contributed by atoms with Crippen LogP contribution in [0.3, 0.4) is 0 Å². The number of hydrogen-bond acceptors (Lipinski definition) is 3. The van der Waals surface area contributed by atoms with Gasteiger partial charge in [0.05, 0.1) is 0 Å². The molecule has 7 aromatic rings. The number of aromatic hydroxyl groups is 2. The number of benzene rings is 7. The number of aryl methyl sites for hydroxylation is 2. The zero-order valence-corrected chi connectivity index (χ0v) is 40.3. The van der Waals surface area contributed by atoms with E-state index in [1.165, 1.54) is 37.6 Å². The molecule has 0 heterocycles. The van der Waals surface area contributed by atoms with Crippen LogP contribution in [-0.4, -0.2) is 29.8 Å². The standard InChI is InChI=1S/C19H27OPSi.C18H15OP.C16H19OP/c1-15(2)21(17-10-8-7-9-11-17)19-14-16(3)12-13-18(19)20-22(4,5)6;19-17-13-7-8-14-18(17)20(15-9-3-1-4-10-15)16-11-5-2-6-12-16;1-12(2)18(14-7-5-4-6-8-14)16-11-13(3)9-10-15(16)17/h7-15H,1-6H3;1-14,19H;4-12,17H,1-3H3. The van der Waals surface area contributed by atoms with Gasteiger partial charge in [0.2, 0.25) is 8.32 Å². The molecule has 0 saturated carbocycles. The van der Waals surface area contributed by atoms with Gasteiger partial charge < -0.3 is 14.6 Å². The van der Waals surface area contributed by atoms with Crippen molar-refractivity contribution in [3.05, 3.63) is 193 Å². The highest BCUT2D eigenvalue weighted by Crippen LogP contribution is 2.43. The SMILES string of the molecule is Cc1ccc(O)c(P(c2ccccc2)C(C)C)c1.Cc1ccc(O[Si](C)(C)C)c(P(c2ccccc2)C(C)C)c1.Oc1ccccc1P(c1ccccc1)c1ccccc1. The molecular formula is C53H61O3P3Si. The molecule has 0 saturated heterocycles. The van der Waals surface area contributed by atoms with Crippen LogP contribution in [0.15, 0.2) is 182 Å². The third kappa shape index (κ3) is 13.2. The second-order valence-electron chi connectivity index (χ2n) is 16.3. The molecule has 3 nitrogen and oxygen atoms in total. The molecule has 2 atom stereocenters. The van der Waals surface area contributed by atoms with Crippen LogP contribution in [0.2, 0.25) is 19.6 Å². The summed E-state index contributed by atoms with van der Waals surface area (Å²) in [6.07, 6.45) is 0. The summed E-state index contributed by atoms with van der Waals surface area (Å²) in [4.78, 5) is 0. The van der Waals surface area contributed by atoms with E-state index >= 15 is 0 Å². The second kappa shape index (κ2) is 22.3. The van der Waals surface area contributed by atoms with Crippen molar-refractivity contribution in [2.75, 3.05) is 0 Å². The van der Waals surface area contributed by atoms with Crippen molar-refractivity contribution < 1.29 is 14.6 Å².